The summed E-state index contributed by atoms with van der Waals surface area (Å²) in [4.78, 5) is 0.438. The third-order valence-corrected chi connectivity index (χ3v) is 3.63. The molecule has 0 aliphatic heterocycles. The van der Waals surface area contributed by atoms with Crippen molar-refractivity contribution in [2.75, 3.05) is 19.0 Å². The molecule has 0 spiro atoms. The van der Waals surface area contributed by atoms with Crippen molar-refractivity contribution in [2.24, 2.45) is 5.73 Å². The first-order chi connectivity index (χ1) is 10.1. The van der Waals surface area contributed by atoms with Gasteiger partial charge < -0.3 is 15.8 Å². The van der Waals surface area contributed by atoms with E-state index in [0.29, 0.717) is 4.99 Å². The SMILES string of the molecule is COc1ccccc1CCNc1ccc(C(N)=S)c(C)c1. The van der Waals surface area contributed by atoms with E-state index in [9.17, 15) is 0 Å². The van der Waals surface area contributed by atoms with Crippen LogP contribution in [0.4, 0.5) is 5.69 Å². The lowest BCUT2D eigenvalue weighted by molar-refractivity contribution is 0.410. The summed E-state index contributed by atoms with van der Waals surface area (Å²) in [5, 5.41) is 3.41. The second-order valence-electron chi connectivity index (χ2n) is 4.88. The van der Waals surface area contributed by atoms with Crippen molar-refractivity contribution < 1.29 is 4.74 Å². The summed E-state index contributed by atoms with van der Waals surface area (Å²) in [6, 6.07) is 14.1. The van der Waals surface area contributed by atoms with Crippen LogP contribution in [0.5, 0.6) is 5.75 Å². The Balaban J connectivity index is 1.97. The Morgan fingerprint density at radius 3 is 2.67 bits per heavy atom. The van der Waals surface area contributed by atoms with Crippen molar-refractivity contribution in [1.29, 1.82) is 0 Å². The van der Waals surface area contributed by atoms with Crippen molar-refractivity contribution in [3.63, 3.8) is 0 Å². The van der Waals surface area contributed by atoms with Crippen molar-refractivity contribution in [1.82, 2.24) is 0 Å². The molecular formula is C17H20N2OS. The highest BCUT2D eigenvalue weighted by molar-refractivity contribution is 7.80. The number of methoxy groups -OCH3 is 1. The van der Waals surface area contributed by atoms with Gasteiger partial charge in [-0.15, -0.1) is 0 Å². The summed E-state index contributed by atoms with van der Waals surface area (Å²) >= 11 is 5.02. The largest absolute Gasteiger partial charge is 0.496 e. The molecule has 0 amide bonds. The van der Waals surface area contributed by atoms with E-state index >= 15 is 0 Å². The lowest BCUT2D eigenvalue weighted by atomic mass is 10.1. The number of thiocarbonyl (C=S) groups is 1. The molecule has 0 unspecified atom stereocenters. The van der Waals surface area contributed by atoms with Gasteiger partial charge in [-0.05, 0) is 48.7 Å². The number of aryl methyl sites for hydroxylation is 1. The maximum atomic E-state index is 5.67. The Morgan fingerprint density at radius 1 is 1.24 bits per heavy atom. The first-order valence-electron chi connectivity index (χ1n) is 6.88. The van der Waals surface area contributed by atoms with Gasteiger partial charge in [0.15, 0.2) is 0 Å². The minimum Gasteiger partial charge on any atom is -0.496 e. The fourth-order valence-corrected chi connectivity index (χ4v) is 2.53. The summed E-state index contributed by atoms with van der Waals surface area (Å²) in [5.41, 5.74) is 9.96. The predicted octanol–water partition coefficient (Wildman–Crippen LogP) is 3.29. The maximum absolute atomic E-state index is 5.67. The van der Waals surface area contributed by atoms with Crippen LogP contribution in [0, 0.1) is 6.92 Å². The highest BCUT2D eigenvalue weighted by Crippen LogP contribution is 2.19. The summed E-state index contributed by atoms with van der Waals surface area (Å²) in [5.74, 6) is 0.930. The third-order valence-electron chi connectivity index (χ3n) is 3.41. The van der Waals surface area contributed by atoms with Crippen molar-refractivity contribution in [3.05, 3.63) is 59.2 Å². The van der Waals surface area contributed by atoms with E-state index in [-0.39, 0.29) is 0 Å². The second kappa shape index (κ2) is 7.09. The zero-order valence-electron chi connectivity index (χ0n) is 12.3. The molecule has 2 aromatic carbocycles. The summed E-state index contributed by atoms with van der Waals surface area (Å²) in [6.45, 7) is 2.85. The number of benzene rings is 2. The standard InChI is InChI=1S/C17H20N2OS/c1-12-11-14(7-8-15(12)17(18)21)19-10-9-13-5-3-4-6-16(13)20-2/h3-8,11,19H,9-10H2,1-2H3,(H2,18,21). The zero-order valence-corrected chi connectivity index (χ0v) is 13.2. The van der Waals surface area contributed by atoms with E-state index in [4.69, 9.17) is 22.7 Å². The number of hydrogen-bond acceptors (Lipinski definition) is 3. The van der Waals surface area contributed by atoms with Gasteiger partial charge >= 0.3 is 0 Å². The number of anilines is 1. The molecule has 110 valence electrons. The molecule has 2 rings (SSSR count). The van der Waals surface area contributed by atoms with Crippen molar-refractivity contribution in [3.8, 4) is 5.75 Å². The molecular weight excluding hydrogens is 280 g/mol. The summed E-state index contributed by atoms with van der Waals surface area (Å²) in [6.07, 6.45) is 0.903. The first-order valence-corrected chi connectivity index (χ1v) is 7.29. The average molecular weight is 300 g/mol. The molecule has 0 aromatic heterocycles. The van der Waals surface area contributed by atoms with Gasteiger partial charge in [0.05, 0.1) is 7.11 Å². The van der Waals surface area contributed by atoms with Gasteiger partial charge in [0.25, 0.3) is 0 Å². The smallest absolute Gasteiger partial charge is 0.122 e. The van der Waals surface area contributed by atoms with Crippen LogP contribution in [0.25, 0.3) is 0 Å². The monoisotopic (exact) mass is 300 g/mol. The van der Waals surface area contributed by atoms with E-state index in [0.717, 1.165) is 35.5 Å². The molecule has 0 fully saturated rings. The van der Waals surface area contributed by atoms with Gasteiger partial charge in [0.1, 0.15) is 10.7 Å². The Labute approximate surface area is 131 Å². The van der Waals surface area contributed by atoms with Crippen LogP contribution in [-0.4, -0.2) is 18.6 Å². The quantitative estimate of drug-likeness (QED) is 0.804. The number of nitrogens with one attached hydrogen (secondary N) is 1. The number of hydrogen-bond donors (Lipinski definition) is 2. The predicted molar refractivity (Wildman–Crippen MR) is 92.3 cm³/mol. The molecule has 3 N–H and O–H groups in total. The molecule has 3 nitrogen and oxygen atoms in total. The molecule has 4 heteroatoms. The third kappa shape index (κ3) is 3.95. The first kappa shape index (κ1) is 15.3. The normalized spacial score (nSPS) is 10.2. The van der Waals surface area contributed by atoms with Crippen LogP contribution >= 0.6 is 12.2 Å². The Bertz CT molecular complexity index is 640. The fraction of sp³-hybridized carbons (Fsp3) is 0.235. The molecule has 0 atom stereocenters. The summed E-state index contributed by atoms with van der Waals surface area (Å²) in [7, 11) is 1.70. The fourth-order valence-electron chi connectivity index (χ4n) is 2.30. The average Bonchev–Trinajstić information content (AvgIpc) is 2.47. The molecule has 0 saturated carbocycles. The van der Waals surface area contributed by atoms with Gasteiger partial charge in [0.2, 0.25) is 0 Å². The topological polar surface area (TPSA) is 47.3 Å². The van der Waals surface area contributed by atoms with E-state index in [1.54, 1.807) is 7.11 Å². The van der Waals surface area contributed by atoms with Gasteiger partial charge in [-0.2, -0.15) is 0 Å². The second-order valence-corrected chi connectivity index (χ2v) is 5.32. The zero-order chi connectivity index (χ0) is 15.2. The minimum absolute atomic E-state index is 0.438. The van der Waals surface area contributed by atoms with Crippen molar-refractivity contribution >= 4 is 22.9 Å². The van der Waals surface area contributed by atoms with Crippen molar-refractivity contribution in [2.45, 2.75) is 13.3 Å². The van der Waals surface area contributed by atoms with Gasteiger partial charge in [-0.3, -0.25) is 0 Å². The molecule has 21 heavy (non-hydrogen) atoms. The lowest BCUT2D eigenvalue weighted by Gasteiger charge is -2.11. The van der Waals surface area contributed by atoms with Crippen LogP contribution in [0.2, 0.25) is 0 Å². The van der Waals surface area contributed by atoms with Gasteiger partial charge in [0, 0.05) is 17.8 Å². The van der Waals surface area contributed by atoms with Crippen LogP contribution in [0.15, 0.2) is 42.5 Å². The highest BCUT2D eigenvalue weighted by atomic mass is 32.1. The molecule has 0 saturated heterocycles. The molecule has 0 radical (unpaired) electrons. The number of para-hydroxylation sites is 1. The summed E-state index contributed by atoms with van der Waals surface area (Å²) < 4.78 is 5.35. The van der Waals surface area contributed by atoms with Crippen LogP contribution < -0.4 is 15.8 Å². The maximum Gasteiger partial charge on any atom is 0.122 e. The van der Waals surface area contributed by atoms with E-state index < -0.39 is 0 Å². The Hall–Kier alpha value is -2.07. The van der Waals surface area contributed by atoms with E-state index in [1.165, 1.54) is 5.56 Å². The number of nitrogens with two attached hydrogens (primary N) is 1. The van der Waals surface area contributed by atoms with Gasteiger partial charge in [-0.1, -0.05) is 30.4 Å². The Morgan fingerprint density at radius 2 is 2.00 bits per heavy atom. The number of ether oxygens (including phenoxy) is 1. The van der Waals surface area contributed by atoms with Crippen LogP contribution in [0.1, 0.15) is 16.7 Å². The molecule has 0 bridgehead atoms. The Kier molecular flexibility index (Phi) is 5.17. The molecule has 2 aromatic rings. The van der Waals surface area contributed by atoms with E-state index in [2.05, 4.69) is 17.4 Å². The minimum atomic E-state index is 0.438. The molecule has 0 aliphatic rings. The van der Waals surface area contributed by atoms with Gasteiger partial charge in [-0.25, -0.2) is 0 Å². The lowest BCUT2D eigenvalue weighted by Crippen LogP contribution is -2.12. The number of rotatable bonds is 6. The van der Waals surface area contributed by atoms with Crippen LogP contribution in [0.3, 0.4) is 0 Å². The highest BCUT2D eigenvalue weighted by Gasteiger charge is 2.04. The van der Waals surface area contributed by atoms with Crippen LogP contribution in [-0.2, 0) is 6.42 Å². The van der Waals surface area contributed by atoms with E-state index in [1.807, 2.05) is 37.3 Å². The molecule has 0 heterocycles. The molecule has 0 aliphatic carbocycles.